The summed E-state index contributed by atoms with van der Waals surface area (Å²) in [5, 5.41) is 9.51. The van der Waals surface area contributed by atoms with E-state index in [1.807, 2.05) is 13.8 Å². The highest BCUT2D eigenvalue weighted by Gasteiger charge is 2.13. The van der Waals surface area contributed by atoms with E-state index in [2.05, 4.69) is 4.98 Å². The van der Waals surface area contributed by atoms with Crippen molar-refractivity contribution in [2.45, 2.75) is 29.8 Å². The summed E-state index contributed by atoms with van der Waals surface area (Å²) in [6.45, 7) is 3.81. The monoisotopic (exact) mass is 324 g/mol. The molecular weight excluding hydrogens is 312 g/mol. The first-order valence-electron chi connectivity index (χ1n) is 6.18. The zero-order chi connectivity index (χ0) is 15.6. The van der Waals surface area contributed by atoms with Gasteiger partial charge in [-0.1, -0.05) is 23.4 Å². The zero-order valence-electron chi connectivity index (χ0n) is 11.4. The number of nitrogens with zero attached hydrogens (tertiary/aromatic N) is 2. The van der Waals surface area contributed by atoms with Crippen molar-refractivity contribution in [1.29, 1.82) is 0 Å². The topological polar surface area (TPSA) is 72.2 Å². The van der Waals surface area contributed by atoms with Gasteiger partial charge in [-0.05, 0) is 32.0 Å². The van der Waals surface area contributed by atoms with Crippen LogP contribution in [0.3, 0.4) is 0 Å². The second-order valence-electron chi connectivity index (χ2n) is 4.59. The number of aromatic carboxylic acids is 1. The number of carbonyl (C=O) groups is 1. The normalized spacial score (nSPS) is 10.9. The lowest BCUT2D eigenvalue weighted by atomic mass is 10.2. The molecule has 0 aliphatic carbocycles. The molecule has 0 spiro atoms. The number of aromatic nitrogens is 2. The summed E-state index contributed by atoms with van der Waals surface area (Å²) in [6, 6.07) is 4.62. The molecule has 0 unspecified atom stereocenters. The number of hydrogen-bond acceptors (Lipinski definition) is 4. The third-order valence-electron chi connectivity index (χ3n) is 2.78. The molecule has 0 atom stereocenters. The van der Waals surface area contributed by atoms with Gasteiger partial charge < -0.3 is 9.67 Å². The summed E-state index contributed by atoms with van der Waals surface area (Å²) in [5.41, 5.74) is -0.203. The summed E-state index contributed by atoms with van der Waals surface area (Å²) < 4.78 is 1.57. The standard InChI is InChI=1S/C14H13ClN2O3S/c1-8(2)17-6-5-16-12(13(17)18)21-9-3-4-11(15)10(7-9)14(19)20/h3-8H,1-2H3,(H,19,20). The fourth-order valence-electron chi connectivity index (χ4n) is 1.73. The molecule has 0 fully saturated rings. The third kappa shape index (κ3) is 3.46. The SMILES string of the molecule is CC(C)n1ccnc(Sc2ccc(Cl)c(C(=O)O)c2)c1=O. The van der Waals surface area contributed by atoms with Crippen LogP contribution < -0.4 is 5.56 Å². The number of halogens is 1. The van der Waals surface area contributed by atoms with E-state index in [1.54, 1.807) is 23.0 Å². The lowest BCUT2D eigenvalue weighted by Crippen LogP contribution is -2.23. The maximum atomic E-state index is 12.2. The zero-order valence-corrected chi connectivity index (χ0v) is 13.0. The first-order valence-corrected chi connectivity index (χ1v) is 7.37. The van der Waals surface area contributed by atoms with Crippen LogP contribution in [0.5, 0.6) is 0 Å². The summed E-state index contributed by atoms with van der Waals surface area (Å²) in [6.07, 6.45) is 3.18. The fraction of sp³-hybridized carbons (Fsp3) is 0.214. The highest BCUT2D eigenvalue weighted by molar-refractivity contribution is 7.99. The average Bonchev–Trinajstić information content (AvgIpc) is 2.42. The molecule has 1 aromatic heterocycles. The molecule has 1 N–H and O–H groups in total. The van der Waals surface area contributed by atoms with Crippen molar-refractivity contribution < 1.29 is 9.90 Å². The van der Waals surface area contributed by atoms with Crippen LogP contribution in [0.4, 0.5) is 0 Å². The summed E-state index contributed by atoms with van der Waals surface area (Å²) in [7, 11) is 0. The Hall–Kier alpha value is -1.79. The molecule has 0 saturated heterocycles. The van der Waals surface area contributed by atoms with Crippen molar-refractivity contribution in [1.82, 2.24) is 9.55 Å². The maximum Gasteiger partial charge on any atom is 0.337 e. The molecule has 0 amide bonds. The lowest BCUT2D eigenvalue weighted by Gasteiger charge is -2.10. The van der Waals surface area contributed by atoms with Crippen molar-refractivity contribution in [2.24, 2.45) is 0 Å². The van der Waals surface area contributed by atoms with E-state index in [-0.39, 0.29) is 22.2 Å². The van der Waals surface area contributed by atoms with Crippen LogP contribution in [0.1, 0.15) is 30.2 Å². The lowest BCUT2D eigenvalue weighted by molar-refractivity contribution is 0.0697. The molecule has 21 heavy (non-hydrogen) atoms. The Morgan fingerprint density at radius 1 is 1.43 bits per heavy atom. The molecule has 0 aliphatic rings. The van der Waals surface area contributed by atoms with Crippen LogP contribution in [0.15, 0.2) is 45.3 Å². The number of benzene rings is 1. The van der Waals surface area contributed by atoms with Gasteiger partial charge in [-0.2, -0.15) is 0 Å². The minimum absolute atomic E-state index is 0.00165. The number of rotatable bonds is 4. The van der Waals surface area contributed by atoms with Gasteiger partial charge in [-0.3, -0.25) is 4.79 Å². The molecule has 2 aromatic rings. The van der Waals surface area contributed by atoms with Crippen molar-refractivity contribution in [3.63, 3.8) is 0 Å². The van der Waals surface area contributed by atoms with Crippen molar-refractivity contribution in [3.05, 3.63) is 51.5 Å². The second kappa shape index (κ2) is 6.32. The van der Waals surface area contributed by atoms with Crippen LogP contribution in [-0.2, 0) is 0 Å². The van der Waals surface area contributed by atoms with Gasteiger partial charge in [-0.25, -0.2) is 9.78 Å². The number of carboxylic acid groups (broad SMARTS) is 1. The second-order valence-corrected chi connectivity index (χ2v) is 6.06. The molecule has 5 nitrogen and oxygen atoms in total. The number of carboxylic acids is 1. The first-order chi connectivity index (χ1) is 9.90. The van der Waals surface area contributed by atoms with E-state index in [0.29, 0.717) is 9.92 Å². The van der Waals surface area contributed by atoms with E-state index in [1.165, 1.54) is 12.1 Å². The Balaban J connectivity index is 2.39. The van der Waals surface area contributed by atoms with E-state index < -0.39 is 5.97 Å². The van der Waals surface area contributed by atoms with Crippen molar-refractivity contribution >= 4 is 29.3 Å². The van der Waals surface area contributed by atoms with Gasteiger partial charge in [0.15, 0.2) is 5.03 Å². The smallest absolute Gasteiger partial charge is 0.337 e. The van der Waals surface area contributed by atoms with Crippen LogP contribution in [0, 0.1) is 0 Å². The van der Waals surface area contributed by atoms with Crippen molar-refractivity contribution in [3.8, 4) is 0 Å². The molecule has 0 saturated carbocycles. The fourth-order valence-corrected chi connectivity index (χ4v) is 2.77. The van der Waals surface area contributed by atoms with Crippen LogP contribution >= 0.6 is 23.4 Å². The quantitative estimate of drug-likeness (QED) is 0.934. The average molecular weight is 325 g/mol. The molecule has 1 aromatic carbocycles. The Labute approximate surface area is 130 Å². The number of hydrogen-bond donors (Lipinski definition) is 1. The van der Waals surface area contributed by atoms with Gasteiger partial charge in [0.05, 0.1) is 10.6 Å². The largest absolute Gasteiger partial charge is 0.478 e. The van der Waals surface area contributed by atoms with E-state index in [0.717, 1.165) is 11.8 Å². The van der Waals surface area contributed by atoms with Crippen LogP contribution in [0.25, 0.3) is 0 Å². The van der Waals surface area contributed by atoms with Gasteiger partial charge in [-0.15, -0.1) is 0 Å². The summed E-state index contributed by atoms with van der Waals surface area (Å²) in [4.78, 5) is 28.0. The molecule has 110 valence electrons. The molecule has 0 aliphatic heterocycles. The van der Waals surface area contributed by atoms with Gasteiger partial charge in [0.1, 0.15) is 0 Å². The predicted molar refractivity (Wildman–Crippen MR) is 81.4 cm³/mol. The Morgan fingerprint density at radius 2 is 2.14 bits per heavy atom. The van der Waals surface area contributed by atoms with Gasteiger partial charge in [0.2, 0.25) is 0 Å². The maximum absolute atomic E-state index is 12.2. The summed E-state index contributed by atoms with van der Waals surface area (Å²) >= 11 is 6.94. The van der Waals surface area contributed by atoms with E-state index in [4.69, 9.17) is 16.7 Å². The third-order valence-corrected chi connectivity index (χ3v) is 4.07. The Morgan fingerprint density at radius 3 is 2.76 bits per heavy atom. The molecule has 0 radical (unpaired) electrons. The molecule has 2 rings (SSSR count). The van der Waals surface area contributed by atoms with Crippen molar-refractivity contribution in [2.75, 3.05) is 0 Å². The Bertz CT molecular complexity index is 743. The molecule has 7 heteroatoms. The summed E-state index contributed by atoms with van der Waals surface area (Å²) in [5.74, 6) is -1.11. The van der Waals surface area contributed by atoms with E-state index in [9.17, 15) is 9.59 Å². The van der Waals surface area contributed by atoms with Crippen LogP contribution in [-0.4, -0.2) is 20.6 Å². The van der Waals surface area contributed by atoms with Crippen LogP contribution in [0.2, 0.25) is 5.02 Å². The molecule has 1 heterocycles. The Kier molecular flexibility index (Phi) is 4.69. The predicted octanol–water partition coefficient (Wildman–Crippen LogP) is 3.33. The molecule has 0 bridgehead atoms. The van der Waals surface area contributed by atoms with E-state index >= 15 is 0 Å². The highest BCUT2D eigenvalue weighted by atomic mass is 35.5. The minimum atomic E-state index is -1.11. The molecular formula is C14H13ClN2O3S. The van der Waals surface area contributed by atoms with Gasteiger partial charge in [0.25, 0.3) is 5.56 Å². The minimum Gasteiger partial charge on any atom is -0.478 e. The van der Waals surface area contributed by atoms with Gasteiger partial charge >= 0.3 is 5.97 Å². The first kappa shape index (κ1) is 15.6. The van der Waals surface area contributed by atoms with Gasteiger partial charge in [0, 0.05) is 23.3 Å². The highest BCUT2D eigenvalue weighted by Crippen LogP contribution is 2.27.